The SMILES string of the molecule is CCOC(=O)[C@@H]1[C@@H](C(C)(C)C)C(=O)[C@H](c2ccc[nH]c2=O)N1C(=O)OC(C)C. The molecule has 8 nitrogen and oxygen atoms in total. The zero-order valence-electron chi connectivity index (χ0n) is 17.1. The van der Waals surface area contributed by atoms with Crippen molar-refractivity contribution in [3.05, 3.63) is 34.2 Å². The predicted molar refractivity (Wildman–Crippen MR) is 102 cm³/mol. The number of nitrogens with one attached hydrogen (secondary N) is 1. The number of pyridine rings is 1. The van der Waals surface area contributed by atoms with Crippen LogP contribution >= 0.6 is 0 Å². The molecule has 1 saturated heterocycles. The molecule has 154 valence electrons. The fourth-order valence-electron chi connectivity index (χ4n) is 3.60. The van der Waals surface area contributed by atoms with Crippen molar-refractivity contribution < 1.29 is 23.9 Å². The van der Waals surface area contributed by atoms with Crippen molar-refractivity contribution in [2.45, 2.75) is 59.7 Å². The number of hydrogen-bond donors (Lipinski definition) is 1. The maximum atomic E-state index is 13.4. The van der Waals surface area contributed by atoms with Crippen molar-refractivity contribution in [3.8, 4) is 0 Å². The number of H-pyrrole nitrogens is 1. The van der Waals surface area contributed by atoms with E-state index in [1.54, 1.807) is 26.8 Å². The Morgan fingerprint density at radius 2 is 1.89 bits per heavy atom. The molecule has 1 aromatic rings. The van der Waals surface area contributed by atoms with Crippen LogP contribution in [0.1, 0.15) is 53.1 Å². The maximum absolute atomic E-state index is 13.4. The van der Waals surface area contributed by atoms with E-state index in [9.17, 15) is 19.2 Å². The summed E-state index contributed by atoms with van der Waals surface area (Å²) < 4.78 is 10.5. The zero-order chi connectivity index (χ0) is 21.2. The summed E-state index contributed by atoms with van der Waals surface area (Å²) in [5.41, 5.74) is -1.06. The van der Waals surface area contributed by atoms with E-state index in [1.807, 2.05) is 20.8 Å². The van der Waals surface area contributed by atoms with E-state index in [4.69, 9.17) is 9.47 Å². The van der Waals surface area contributed by atoms with Gasteiger partial charge in [-0.25, -0.2) is 9.59 Å². The van der Waals surface area contributed by atoms with Crippen LogP contribution < -0.4 is 5.56 Å². The van der Waals surface area contributed by atoms with Crippen molar-refractivity contribution in [2.24, 2.45) is 11.3 Å². The first-order valence-corrected chi connectivity index (χ1v) is 9.37. The molecule has 3 atom stereocenters. The largest absolute Gasteiger partial charge is 0.464 e. The highest BCUT2D eigenvalue weighted by Gasteiger charge is 2.59. The molecular weight excluding hydrogens is 364 g/mol. The first-order chi connectivity index (χ1) is 13.0. The van der Waals surface area contributed by atoms with Gasteiger partial charge in [0, 0.05) is 11.8 Å². The number of aromatic amines is 1. The first kappa shape index (κ1) is 21.7. The number of ketones is 1. The number of likely N-dealkylation sites (tertiary alicyclic amines) is 1. The van der Waals surface area contributed by atoms with E-state index in [0.717, 1.165) is 4.90 Å². The molecule has 1 amide bonds. The number of carbonyl (C=O) groups excluding carboxylic acids is 3. The molecule has 1 fully saturated rings. The van der Waals surface area contributed by atoms with E-state index in [-0.39, 0.29) is 18.0 Å². The van der Waals surface area contributed by atoms with Crippen LogP contribution in [0.25, 0.3) is 0 Å². The summed E-state index contributed by atoms with van der Waals surface area (Å²) in [6, 6.07) is 0.641. The molecule has 0 saturated carbocycles. The molecule has 28 heavy (non-hydrogen) atoms. The molecule has 0 unspecified atom stereocenters. The summed E-state index contributed by atoms with van der Waals surface area (Å²) in [6.45, 7) is 10.5. The van der Waals surface area contributed by atoms with Crippen LogP contribution in [0.15, 0.2) is 23.1 Å². The van der Waals surface area contributed by atoms with Crippen LogP contribution in [-0.4, -0.2) is 46.5 Å². The summed E-state index contributed by atoms with van der Waals surface area (Å²) in [5, 5.41) is 0. The van der Waals surface area contributed by atoms with Gasteiger partial charge in [0.15, 0.2) is 5.78 Å². The fourth-order valence-corrected chi connectivity index (χ4v) is 3.60. The third-order valence-corrected chi connectivity index (χ3v) is 4.62. The summed E-state index contributed by atoms with van der Waals surface area (Å²) in [7, 11) is 0. The second-order valence-electron chi connectivity index (χ2n) is 8.14. The molecule has 0 radical (unpaired) electrons. The minimum atomic E-state index is -1.23. The van der Waals surface area contributed by atoms with E-state index in [2.05, 4.69) is 4.98 Å². The number of hydrogen-bond acceptors (Lipinski definition) is 6. The Kier molecular flexibility index (Phi) is 6.31. The van der Waals surface area contributed by atoms with Gasteiger partial charge in [0.05, 0.1) is 18.6 Å². The average molecular weight is 392 g/mol. The van der Waals surface area contributed by atoms with Crippen molar-refractivity contribution in [3.63, 3.8) is 0 Å². The molecule has 1 aliphatic heterocycles. The highest BCUT2D eigenvalue weighted by atomic mass is 16.6. The first-order valence-electron chi connectivity index (χ1n) is 9.37. The monoisotopic (exact) mass is 392 g/mol. The van der Waals surface area contributed by atoms with Gasteiger partial charge in [-0.2, -0.15) is 0 Å². The van der Waals surface area contributed by atoms with E-state index in [1.165, 1.54) is 12.3 Å². The zero-order valence-corrected chi connectivity index (χ0v) is 17.1. The van der Waals surface area contributed by atoms with Crippen LogP contribution in [-0.2, 0) is 19.1 Å². The minimum absolute atomic E-state index is 0.0919. The predicted octanol–water partition coefficient (Wildman–Crippen LogP) is 2.44. The summed E-state index contributed by atoms with van der Waals surface area (Å²) in [4.78, 5) is 55.1. The molecule has 1 N–H and O–H groups in total. The lowest BCUT2D eigenvalue weighted by atomic mass is 9.74. The summed E-state index contributed by atoms with van der Waals surface area (Å²) >= 11 is 0. The third-order valence-electron chi connectivity index (χ3n) is 4.62. The molecule has 1 aromatic heterocycles. The van der Waals surface area contributed by atoms with Crippen LogP contribution in [0.5, 0.6) is 0 Å². The number of ether oxygens (including phenoxy) is 2. The summed E-state index contributed by atoms with van der Waals surface area (Å²) in [6.07, 6.45) is 0.141. The third kappa shape index (κ3) is 4.10. The number of Topliss-reactive ketones (excluding diaryl/α,β-unsaturated/α-hetero) is 1. The standard InChI is InChI=1S/C20H28N2O6/c1-7-27-18(25)15-13(20(4,5)6)16(23)14(12-9-8-10-21-17(12)24)22(15)19(26)28-11(2)3/h8-11,13-15H,7H2,1-6H3,(H,21,24)/t13-,14+,15+/m1/s1. The van der Waals surface area contributed by atoms with Gasteiger partial charge in [-0.05, 0) is 38.3 Å². The smallest absolute Gasteiger partial charge is 0.411 e. The lowest BCUT2D eigenvalue weighted by Gasteiger charge is -2.32. The molecule has 8 heteroatoms. The molecular formula is C20H28N2O6. The number of nitrogens with zero attached hydrogens (tertiary/aromatic N) is 1. The second-order valence-corrected chi connectivity index (χ2v) is 8.14. The van der Waals surface area contributed by atoms with Gasteiger partial charge < -0.3 is 14.5 Å². The molecule has 0 spiro atoms. The van der Waals surface area contributed by atoms with Gasteiger partial charge in [0.1, 0.15) is 12.1 Å². The van der Waals surface area contributed by atoms with Gasteiger partial charge in [-0.1, -0.05) is 20.8 Å². The Morgan fingerprint density at radius 1 is 1.25 bits per heavy atom. The number of esters is 1. The Labute approximate surface area is 164 Å². The lowest BCUT2D eigenvalue weighted by molar-refractivity contribution is -0.151. The number of rotatable bonds is 4. The van der Waals surface area contributed by atoms with Crippen molar-refractivity contribution in [1.82, 2.24) is 9.88 Å². The van der Waals surface area contributed by atoms with E-state index < -0.39 is 47.1 Å². The van der Waals surface area contributed by atoms with Gasteiger partial charge in [-0.3, -0.25) is 14.5 Å². The van der Waals surface area contributed by atoms with Crippen molar-refractivity contribution >= 4 is 17.8 Å². The van der Waals surface area contributed by atoms with Gasteiger partial charge in [0.25, 0.3) is 5.56 Å². The van der Waals surface area contributed by atoms with Crippen LogP contribution in [0, 0.1) is 11.3 Å². The van der Waals surface area contributed by atoms with Gasteiger partial charge >= 0.3 is 12.1 Å². The maximum Gasteiger partial charge on any atom is 0.411 e. The van der Waals surface area contributed by atoms with E-state index >= 15 is 0 Å². The Morgan fingerprint density at radius 3 is 2.39 bits per heavy atom. The quantitative estimate of drug-likeness (QED) is 0.789. The second kappa shape index (κ2) is 8.16. The normalized spacial score (nSPS) is 22.5. The molecule has 0 aromatic carbocycles. The highest BCUT2D eigenvalue weighted by molar-refractivity contribution is 6.00. The molecule has 0 aliphatic carbocycles. The van der Waals surface area contributed by atoms with Crippen molar-refractivity contribution in [1.29, 1.82) is 0 Å². The molecule has 1 aliphatic rings. The lowest BCUT2D eigenvalue weighted by Crippen LogP contribution is -2.48. The average Bonchev–Trinajstić information content (AvgIpc) is 2.88. The Bertz CT molecular complexity index is 807. The minimum Gasteiger partial charge on any atom is -0.464 e. The number of carbonyl (C=O) groups is 3. The Hall–Kier alpha value is -2.64. The topological polar surface area (TPSA) is 106 Å². The highest BCUT2D eigenvalue weighted by Crippen LogP contribution is 2.45. The fraction of sp³-hybridized carbons (Fsp3) is 0.600. The van der Waals surface area contributed by atoms with Crippen LogP contribution in [0.4, 0.5) is 4.79 Å². The van der Waals surface area contributed by atoms with Crippen molar-refractivity contribution in [2.75, 3.05) is 6.61 Å². The number of amides is 1. The summed E-state index contributed by atoms with van der Waals surface area (Å²) in [5.74, 6) is -1.93. The Balaban J connectivity index is 2.68. The van der Waals surface area contributed by atoms with Crippen LogP contribution in [0.3, 0.4) is 0 Å². The number of aromatic nitrogens is 1. The molecule has 2 heterocycles. The molecule has 2 rings (SSSR count). The van der Waals surface area contributed by atoms with Gasteiger partial charge in [-0.15, -0.1) is 0 Å². The molecule has 0 bridgehead atoms. The van der Waals surface area contributed by atoms with Gasteiger partial charge in [0.2, 0.25) is 0 Å². The van der Waals surface area contributed by atoms with Crippen LogP contribution in [0.2, 0.25) is 0 Å². The van der Waals surface area contributed by atoms with E-state index in [0.29, 0.717) is 0 Å².